The lowest BCUT2D eigenvalue weighted by Gasteiger charge is -2.18. The number of methoxy groups -OCH3 is 2. The Bertz CT molecular complexity index is 571. The summed E-state index contributed by atoms with van der Waals surface area (Å²) < 4.78 is 51.7. The maximum Gasteiger partial charge on any atom is 0.422 e. The molecule has 1 aromatic rings. The van der Waals surface area contributed by atoms with Crippen LogP contribution in [0, 0.1) is 0 Å². The van der Waals surface area contributed by atoms with Crippen molar-refractivity contribution in [3.8, 4) is 11.5 Å². The fraction of sp³-hybridized carbons (Fsp3) is 0.562. The SMILES string of the molecule is CN=C(NCc1ccc(OCC(F)(F)F)c(OC)c1)NC(C)COC.I. The Hall–Kier alpha value is -1.43. The van der Waals surface area contributed by atoms with E-state index in [9.17, 15) is 13.2 Å². The molecule has 26 heavy (non-hydrogen) atoms. The van der Waals surface area contributed by atoms with Gasteiger partial charge in [-0.15, -0.1) is 24.0 Å². The van der Waals surface area contributed by atoms with Crippen molar-refractivity contribution in [3.63, 3.8) is 0 Å². The van der Waals surface area contributed by atoms with Gasteiger partial charge in [-0.3, -0.25) is 4.99 Å². The van der Waals surface area contributed by atoms with Crippen LogP contribution in [0.2, 0.25) is 0 Å². The molecule has 0 fully saturated rings. The van der Waals surface area contributed by atoms with Gasteiger partial charge in [0.05, 0.1) is 13.7 Å². The van der Waals surface area contributed by atoms with Crippen molar-refractivity contribution in [1.29, 1.82) is 0 Å². The maximum atomic E-state index is 12.3. The Morgan fingerprint density at radius 2 is 1.92 bits per heavy atom. The van der Waals surface area contributed by atoms with Crippen molar-refractivity contribution < 1.29 is 27.4 Å². The van der Waals surface area contributed by atoms with E-state index in [1.165, 1.54) is 13.2 Å². The number of guanidine groups is 1. The van der Waals surface area contributed by atoms with Gasteiger partial charge < -0.3 is 24.8 Å². The third-order valence-corrected chi connectivity index (χ3v) is 3.10. The summed E-state index contributed by atoms with van der Waals surface area (Å²) in [5.74, 6) is 0.861. The summed E-state index contributed by atoms with van der Waals surface area (Å²) in [5.41, 5.74) is 0.804. The summed E-state index contributed by atoms with van der Waals surface area (Å²) in [6.45, 7) is 1.52. The second-order valence-electron chi connectivity index (χ2n) is 5.32. The number of ether oxygens (including phenoxy) is 3. The van der Waals surface area contributed by atoms with Crippen LogP contribution in [-0.2, 0) is 11.3 Å². The van der Waals surface area contributed by atoms with Gasteiger partial charge in [-0.05, 0) is 24.6 Å². The summed E-state index contributed by atoms with van der Waals surface area (Å²) in [6, 6.07) is 4.80. The second-order valence-corrected chi connectivity index (χ2v) is 5.32. The highest BCUT2D eigenvalue weighted by atomic mass is 127. The van der Waals surface area contributed by atoms with E-state index < -0.39 is 12.8 Å². The molecule has 0 radical (unpaired) electrons. The number of halogens is 4. The van der Waals surface area contributed by atoms with Crippen molar-refractivity contribution in [2.24, 2.45) is 4.99 Å². The summed E-state index contributed by atoms with van der Waals surface area (Å²) in [5, 5.41) is 6.26. The lowest BCUT2D eigenvalue weighted by atomic mass is 10.2. The number of benzene rings is 1. The molecular formula is C16H25F3IN3O3. The molecule has 0 saturated heterocycles. The second kappa shape index (κ2) is 12.0. The Morgan fingerprint density at radius 1 is 1.23 bits per heavy atom. The molecule has 0 aliphatic rings. The minimum atomic E-state index is -4.40. The van der Waals surface area contributed by atoms with Crippen LogP contribution in [0.25, 0.3) is 0 Å². The molecule has 1 unspecified atom stereocenters. The topological polar surface area (TPSA) is 64.1 Å². The standard InChI is InChI=1S/C16H24F3N3O3.HI/c1-11(9-23-3)22-15(20-2)21-8-12-5-6-13(14(7-12)24-4)25-10-16(17,18)19;/h5-7,11H,8-10H2,1-4H3,(H2,20,21,22);1H. The van der Waals surface area contributed by atoms with E-state index in [-0.39, 0.29) is 41.5 Å². The fourth-order valence-corrected chi connectivity index (χ4v) is 2.01. The van der Waals surface area contributed by atoms with E-state index in [0.29, 0.717) is 19.1 Å². The van der Waals surface area contributed by atoms with Gasteiger partial charge in [0.25, 0.3) is 0 Å². The van der Waals surface area contributed by atoms with Gasteiger partial charge in [0, 0.05) is 26.7 Å². The fourth-order valence-electron chi connectivity index (χ4n) is 2.01. The zero-order valence-electron chi connectivity index (χ0n) is 15.1. The predicted molar refractivity (Wildman–Crippen MR) is 105 cm³/mol. The van der Waals surface area contributed by atoms with Crippen LogP contribution < -0.4 is 20.1 Å². The molecule has 1 atom stereocenters. The van der Waals surface area contributed by atoms with Crippen molar-refractivity contribution in [2.45, 2.75) is 25.7 Å². The van der Waals surface area contributed by atoms with Crippen molar-refractivity contribution in [2.75, 3.05) is 34.5 Å². The van der Waals surface area contributed by atoms with E-state index in [0.717, 1.165) is 5.56 Å². The quantitative estimate of drug-likeness (QED) is 0.333. The largest absolute Gasteiger partial charge is 0.493 e. The number of hydrogen-bond acceptors (Lipinski definition) is 4. The average molecular weight is 491 g/mol. The Morgan fingerprint density at radius 3 is 2.46 bits per heavy atom. The van der Waals surface area contributed by atoms with Crippen LogP contribution in [0.5, 0.6) is 11.5 Å². The minimum absolute atomic E-state index is 0. The van der Waals surface area contributed by atoms with Crippen LogP contribution in [0.15, 0.2) is 23.2 Å². The van der Waals surface area contributed by atoms with E-state index in [1.54, 1.807) is 26.3 Å². The van der Waals surface area contributed by atoms with Crippen LogP contribution in [0.4, 0.5) is 13.2 Å². The zero-order chi connectivity index (χ0) is 18.9. The highest BCUT2D eigenvalue weighted by Gasteiger charge is 2.29. The Kier molecular flexibility index (Phi) is 11.4. The number of nitrogens with zero attached hydrogens (tertiary/aromatic N) is 1. The first-order valence-corrected chi connectivity index (χ1v) is 7.61. The number of nitrogens with one attached hydrogen (secondary N) is 2. The molecule has 10 heteroatoms. The molecule has 0 saturated carbocycles. The third kappa shape index (κ3) is 9.32. The molecule has 0 bridgehead atoms. The Labute approximate surface area is 168 Å². The molecule has 0 amide bonds. The zero-order valence-corrected chi connectivity index (χ0v) is 17.5. The lowest BCUT2D eigenvalue weighted by molar-refractivity contribution is -0.153. The number of hydrogen-bond donors (Lipinski definition) is 2. The van der Waals surface area contributed by atoms with Gasteiger partial charge in [-0.2, -0.15) is 13.2 Å². The first kappa shape index (κ1) is 24.6. The van der Waals surface area contributed by atoms with Gasteiger partial charge in [-0.1, -0.05) is 6.07 Å². The molecule has 0 aliphatic heterocycles. The molecule has 0 heterocycles. The van der Waals surface area contributed by atoms with Crippen LogP contribution >= 0.6 is 24.0 Å². The lowest BCUT2D eigenvalue weighted by Crippen LogP contribution is -2.43. The third-order valence-electron chi connectivity index (χ3n) is 3.10. The van der Waals surface area contributed by atoms with Crippen LogP contribution in [0.1, 0.15) is 12.5 Å². The molecule has 1 aromatic carbocycles. The van der Waals surface area contributed by atoms with Crippen molar-refractivity contribution in [1.82, 2.24) is 10.6 Å². The first-order chi connectivity index (χ1) is 11.8. The van der Waals surface area contributed by atoms with E-state index in [2.05, 4.69) is 15.6 Å². The molecule has 0 spiro atoms. The van der Waals surface area contributed by atoms with Gasteiger partial charge in [0.1, 0.15) is 0 Å². The smallest absolute Gasteiger partial charge is 0.422 e. The van der Waals surface area contributed by atoms with E-state index >= 15 is 0 Å². The predicted octanol–water partition coefficient (Wildman–Crippen LogP) is 2.95. The maximum absolute atomic E-state index is 12.3. The Balaban J connectivity index is 0.00000625. The monoisotopic (exact) mass is 491 g/mol. The van der Waals surface area contributed by atoms with Gasteiger partial charge in [0.15, 0.2) is 24.1 Å². The van der Waals surface area contributed by atoms with Crippen LogP contribution in [0.3, 0.4) is 0 Å². The molecule has 0 aromatic heterocycles. The number of rotatable bonds is 8. The first-order valence-electron chi connectivity index (χ1n) is 7.61. The number of aliphatic imine (C=N–C) groups is 1. The molecule has 150 valence electrons. The van der Waals surface area contributed by atoms with Gasteiger partial charge in [-0.25, -0.2) is 0 Å². The molecule has 6 nitrogen and oxygen atoms in total. The van der Waals surface area contributed by atoms with Crippen LogP contribution in [-0.4, -0.2) is 52.7 Å². The molecule has 1 rings (SSSR count). The van der Waals surface area contributed by atoms with Crippen molar-refractivity contribution in [3.05, 3.63) is 23.8 Å². The minimum Gasteiger partial charge on any atom is -0.493 e. The molecule has 2 N–H and O–H groups in total. The normalized spacial score (nSPS) is 12.8. The number of alkyl halides is 3. The summed E-state index contributed by atoms with van der Waals surface area (Å²) in [6.07, 6.45) is -4.40. The van der Waals surface area contributed by atoms with Gasteiger partial charge in [0.2, 0.25) is 0 Å². The molecular weight excluding hydrogens is 466 g/mol. The highest BCUT2D eigenvalue weighted by Crippen LogP contribution is 2.29. The van der Waals surface area contributed by atoms with E-state index in [4.69, 9.17) is 14.2 Å². The molecule has 0 aliphatic carbocycles. The highest BCUT2D eigenvalue weighted by molar-refractivity contribution is 14.0. The summed E-state index contributed by atoms with van der Waals surface area (Å²) >= 11 is 0. The summed E-state index contributed by atoms with van der Waals surface area (Å²) in [4.78, 5) is 4.10. The van der Waals surface area contributed by atoms with E-state index in [1.807, 2.05) is 6.92 Å². The van der Waals surface area contributed by atoms with Gasteiger partial charge >= 0.3 is 6.18 Å². The summed E-state index contributed by atoms with van der Waals surface area (Å²) in [7, 11) is 4.63. The van der Waals surface area contributed by atoms with Crippen molar-refractivity contribution >= 4 is 29.9 Å². The average Bonchev–Trinajstić information content (AvgIpc) is 2.56.